The lowest BCUT2D eigenvalue weighted by Gasteiger charge is -2.03. The molecular weight excluding hydrogens is 188 g/mol. The van der Waals surface area contributed by atoms with Crippen LogP contribution < -0.4 is 10.1 Å². The number of carboxylic acid groups (broad SMARTS) is 1. The second-order valence-electron chi connectivity index (χ2n) is 2.44. The summed E-state index contributed by atoms with van der Waals surface area (Å²) in [6.45, 7) is 1.71. The van der Waals surface area contributed by atoms with Crippen LogP contribution in [0, 0.1) is 6.92 Å². The topological polar surface area (TPSA) is 97.2 Å². The number of aromatic nitrogens is 3. The van der Waals surface area contributed by atoms with Gasteiger partial charge in [0.25, 0.3) is 0 Å². The zero-order chi connectivity index (χ0) is 10.6. The summed E-state index contributed by atoms with van der Waals surface area (Å²) in [5, 5.41) is 10.5. The highest BCUT2D eigenvalue weighted by Gasteiger charge is 2.04. The number of rotatable bonds is 3. The van der Waals surface area contributed by atoms with Gasteiger partial charge >= 0.3 is 12.1 Å². The fourth-order valence-corrected chi connectivity index (χ4v) is 0.836. The van der Waals surface area contributed by atoms with Gasteiger partial charge in [-0.3, -0.25) is 0 Å². The van der Waals surface area contributed by atoms with E-state index in [1.807, 2.05) is 0 Å². The Labute approximate surface area is 80.2 Å². The van der Waals surface area contributed by atoms with Gasteiger partial charge in [0.1, 0.15) is 5.82 Å². The van der Waals surface area contributed by atoms with Crippen molar-refractivity contribution < 1.29 is 14.6 Å². The van der Waals surface area contributed by atoms with E-state index >= 15 is 0 Å². The summed E-state index contributed by atoms with van der Waals surface area (Å²) in [4.78, 5) is 21.8. The molecule has 14 heavy (non-hydrogen) atoms. The number of amides is 1. The predicted molar refractivity (Wildman–Crippen MR) is 46.0 cm³/mol. The Balaban J connectivity index is 2.76. The van der Waals surface area contributed by atoms with Crippen molar-refractivity contribution in [3.05, 3.63) is 11.6 Å². The smallest absolute Gasteiger partial charge is 0.405 e. The maximum atomic E-state index is 10.2. The molecule has 0 aliphatic carbocycles. The normalized spacial score (nSPS) is 9.57. The first-order valence-electron chi connectivity index (χ1n) is 3.84. The number of hydrogen-bond donors (Lipinski definition) is 2. The monoisotopic (exact) mass is 198 g/mol. The lowest BCUT2D eigenvalue weighted by molar-refractivity contribution is 0.193. The highest BCUT2D eigenvalue weighted by atomic mass is 16.5. The molecule has 2 N–H and O–H groups in total. The Kier molecular flexibility index (Phi) is 3.16. The van der Waals surface area contributed by atoms with Crippen LogP contribution in [0.15, 0.2) is 0 Å². The Hall–Kier alpha value is -1.92. The van der Waals surface area contributed by atoms with Gasteiger partial charge in [-0.25, -0.2) is 9.78 Å². The van der Waals surface area contributed by atoms with Crippen LogP contribution in [0.3, 0.4) is 0 Å². The van der Waals surface area contributed by atoms with Gasteiger partial charge in [-0.15, -0.1) is 0 Å². The third-order valence-electron chi connectivity index (χ3n) is 1.35. The molecule has 1 rings (SSSR count). The predicted octanol–water partition coefficient (Wildman–Crippen LogP) is -0.0438. The summed E-state index contributed by atoms with van der Waals surface area (Å²) >= 11 is 0. The first-order chi connectivity index (χ1) is 6.61. The van der Waals surface area contributed by atoms with Crippen molar-refractivity contribution in [2.24, 2.45) is 0 Å². The molecule has 0 saturated heterocycles. The average Bonchev–Trinajstić information content (AvgIpc) is 2.14. The molecule has 0 spiro atoms. The Morgan fingerprint density at radius 1 is 1.50 bits per heavy atom. The number of ether oxygens (including phenoxy) is 1. The molecule has 0 aliphatic rings. The van der Waals surface area contributed by atoms with Crippen LogP contribution in [0.1, 0.15) is 11.6 Å². The number of hydrogen-bond acceptors (Lipinski definition) is 5. The minimum Gasteiger partial charge on any atom is -0.467 e. The molecule has 1 aromatic rings. The zero-order valence-electron chi connectivity index (χ0n) is 7.81. The van der Waals surface area contributed by atoms with E-state index in [-0.39, 0.29) is 12.6 Å². The van der Waals surface area contributed by atoms with E-state index in [9.17, 15) is 4.79 Å². The molecule has 0 saturated carbocycles. The molecule has 1 aromatic heterocycles. The molecular formula is C7H10N4O3. The van der Waals surface area contributed by atoms with Crippen LogP contribution in [0.4, 0.5) is 4.79 Å². The molecule has 0 bridgehead atoms. The molecule has 0 fully saturated rings. The van der Waals surface area contributed by atoms with Crippen molar-refractivity contribution in [1.82, 2.24) is 20.3 Å². The molecule has 0 aliphatic heterocycles. The van der Waals surface area contributed by atoms with Gasteiger partial charge in [0.15, 0.2) is 5.82 Å². The molecule has 76 valence electrons. The standard InChI is InChI=1S/C7H10N4O3/c1-4-9-5(3-8-7(12)13)11-6(10-4)14-2/h8H,3H2,1-2H3,(H,12,13). The molecule has 1 amide bonds. The van der Waals surface area contributed by atoms with Crippen LogP contribution in [0.2, 0.25) is 0 Å². The number of methoxy groups -OCH3 is 1. The van der Waals surface area contributed by atoms with E-state index in [1.54, 1.807) is 6.92 Å². The molecule has 7 heteroatoms. The van der Waals surface area contributed by atoms with E-state index in [2.05, 4.69) is 20.3 Å². The second kappa shape index (κ2) is 4.35. The molecule has 1 heterocycles. The quantitative estimate of drug-likeness (QED) is 0.707. The number of aryl methyl sites for hydroxylation is 1. The average molecular weight is 198 g/mol. The van der Waals surface area contributed by atoms with Gasteiger partial charge in [0.05, 0.1) is 13.7 Å². The van der Waals surface area contributed by atoms with Crippen molar-refractivity contribution in [3.8, 4) is 6.01 Å². The summed E-state index contributed by atoms with van der Waals surface area (Å²) in [5.41, 5.74) is 0. The molecule has 0 unspecified atom stereocenters. The third kappa shape index (κ3) is 2.85. The number of carbonyl (C=O) groups is 1. The van der Waals surface area contributed by atoms with Gasteiger partial charge in [0.2, 0.25) is 0 Å². The van der Waals surface area contributed by atoms with Crippen molar-refractivity contribution in [3.63, 3.8) is 0 Å². The van der Waals surface area contributed by atoms with E-state index in [4.69, 9.17) is 9.84 Å². The van der Waals surface area contributed by atoms with Crippen molar-refractivity contribution in [2.75, 3.05) is 7.11 Å². The summed E-state index contributed by atoms with van der Waals surface area (Å²) in [6.07, 6.45) is -1.12. The summed E-state index contributed by atoms with van der Waals surface area (Å²) < 4.78 is 4.81. The van der Waals surface area contributed by atoms with E-state index in [0.29, 0.717) is 11.6 Å². The maximum Gasteiger partial charge on any atom is 0.405 e. The van der Waals surface area contributed by atoms with Crippen LogP contribution in [0.25, 0.3) is 0 Å². The minimum atomic E-state index is -1.12. The van der Waals surface area contributed by atoms with Gasteiger partial charge in [-0.05, 0) is 6.92 Å². The first kappa shape index (κ1) is 10.2. The second-order valence-corrected chi connectivity index (χ2v) is 2.44. The van der Waals surface area contributed by atoms with Crippen LogP contribution in [-0.4, -0.2) is 33.3 Å². The Bertz CT molecular complexity index is 342. The van der Waals surface area contributed by atoms with Gasteiger partial charge in [-0.2, -0.15) is 9.97 Å². The SMILES string of the molecule is COc1nc(C)nc(CNC(=O)O)n1. The lowest BCUT2D eigenvalue weighted by atomic mass is 10.5. The molecule has 0 atom stereocenters. The van der Waals surface area contributed by atoms with Gasteiger partial charge in [-0.1, -0.05) is 0 Å². The lowest BCUT2D eigenvalue weighted by Crippen LogP contribution is -2.22. The summed E-state index contributed by atoms with van der Waals surface area (Å²) in [6, 6.07) is 0.180. The van der Waals surface area contributed by atoms with E-state index in [1.165, 1.54) is 7.11 Å². The zero-order valence-corrected chi connectivity index (χ0v) is 7.81. The van der Waals surface area contributed by atoms with Gasteiger partial charge in [0, 0.05) is 0 Å². The highest BCUT2D eigenvalue weighted by molar-refractivity contribution is 5.64. The van der Waals surface area contributed by atoms with Crippen LogP contribution >= 0.6 is 0 Å². The van der Waals surface area contributed by atoms with Crippen molar-refractivity contribution in [2.45, 2.75) is 13.5 Å². The fourth-order valence-electron chi connectivity index (χ4n) is 0.836. The Morgan fingerprint density at radius 2 is 2.21 bits per heavy atom. The molecule has 7 nitrogen and oxygen atoms in total. The van der Waals surface area contributed by atoms with E-state index in [0.717, 1.165) is 0 Å². The molecule has 0 aromatic carbocycles. The number of nitrogens with one attached hydrogen (secondary N) is 1. The third-order valence-corrected chi connectivity index (χ3v) is 1.35. The van der Waals surface area contributed by atoms with Crippen molar-refractivity contribution >= 4 is 6.09 Å². The van der Waals surface area contributed by atoms with Crippen molar-refractivity contribution in [1.29, 1.82) is 0 Å². The first-order valence-corrected chi connectivity index (χ1v) is 3.84. The number of nitrogens with zero attached hydrogens (tertiary/aromatic N) is 3. The van der Waals surface area contributed by atoms with Crippen LogP contribution in [0.5, 0.6) is 6.01 Å². The maximum absolute atomic E-state index is 10.2. The summed E-state index contributed by atoms with van der Waals surface area (Å²) in [5.74, 6) is 0.816. The molecule has 0 radical (unpaired) electrons. The van der Waals surface area contributed by atoms with Crippen LogP contribution in [-0.2, 0) is 6.54 Å². The summed E-state index contributed by atoms with van der Waals surface area (Å²) in [7, 11) is 1.43. The minimum absolute atomic E-state index is 0.0368. The van der Waals surface area contributed by atoms with Gasteiger partial charge < -0.3 is 15.2 Å². The Morgan fingerprint density at radius 3 is 2.79 bits per heavy atom. The van der Waals surface area contributed by atoms with E-state index < -0.39 is 6.09 Å². The fraction of sp³-hybridized carbons (Fsp3) is 0.429. The largest absolute Gasteiger partial charge is 0.467 e. The highest BCUT2D eigenvalue weighted by Crippen LogP contribution is 2.01.